The van der Waals surface area contributed by atoms with Crippen molar-refractivity contribution in [2.45, 2.75) is 13.0 Å². The van der Waals surface area contributed by atoms with Gasteiger partial charge < -0.3 is 15.0 Å². The van der Waals surface area contributed by atoms with Crippen molar-refractivity contribution in [2.75, 3.05) is 6.54 Å². The minimum absolute atomic E-state index is 0.0871. The van der Waals surface area contributed by atoms with Gasteiger partial charge in [0.1, 0.15) is 0 Å². The van der Waals surface area contributed by atoms with Gasteiger partial charge in [0.2, 0.25) is 5.91 Å². The van der Waals surface area contributed by atoms with E-state index in [1.165, 1.54) is 0 Å². The summed E-state index contributed by atoms with van der Waals surface area (Å²) in [5, 5.41) is 10.1. The summed E-state index contributed by atoms with van der Waals surface area (Å²) < 4.78 is 0. The van der Waals surface area contributed by atoms with Gasteiger partial charge in [-0.25, -0.2) is 0 Å². The number of benzene rings is 1. The lowest BCUT2D eigenvalue weighted by Gasteiger charge is -2.16. The van der Waals surface area contributed by atoms with E-state index in [4.69, 9.17) is 5.11 Å². The van der Waals surface area contributed by atoms with Crippen LogP contribution in [0.5, 0.6) is 0 Å². The Labute approximate surface area is 109 Å². The number of carboxylic acid groups (broad SMARTS) is 1. The second-order valence-electron chi connectivity index (χ2n) is 4.87. The van der Waals surface area contributed by atoms with E-state index in [0.29, 0.717) is 13.1 Å². The van der Waals surface area contributed by atoms with E-state index in [2.05, 4.69) is 4.98 Å². The Morgan fingerprint density at radius 1 is 1.42 bits per heavy atom. The topological polar surface area (TPSA) is 73.4 Å². The number of nitrogens with zero attached hydrogens (tertiary/aromatic N) is 1. The zero-order valence-electron chi connectivity index (χ0n) is 10.3. The first-order valence-electron chi connectivity index (χ1n) is 6.20. The van der Waals surface area contributed by atoms with Crippen molar-refractivity contribution >= 4 is 22.8 Å². The van der Waals surface area contributed by atoms with E-state index >= 15 is 0 Å². The Morgan fingerprint density at radius 2 is 2.26 bits per heavy atom. The van der Waals surface area contributed by atoms with E-state index in [1.807, 2.05) is 30.5 Å². The number of carboxylic acids is 1. The van der Waals surface area contributed by atoms with Crippen LogP contribution in [-0.4, -0.2) is 33.4 Å². The van der Waals surface area contributed by atoms with E-state index in [-0.39, 0.29) is 12.3 Å². The number of aliphatic carboxylic acids is 1. The number of likely N-dealkylation sites (tertiary alicyclic amines) is 1. The van der Waals surface area contributed by atoms with Crippen molar-refractivity contribution in [3.8, 4) is 0 Å². The van der Waals surface area contributed by atoms with Crippen LogP contribution in [0.15, 0.2) is 30.5 Å². The average Bonchev–Trinajstić information content (AvgIpc) is 2.97. The molecule has 3 rings (SSSR count). The lowest BCUT2D eigenvalue weighted by Crippen LogP contribution is -2.25. The maximum Gasteiger partial charge on any atom is 0.308 e. The van der Waals surface area contributed by atoms with Crippen molar-refractivity contribution in [3.63, 3.8) is 0 Å². The van der Waals surface area contributed by atoms with Crippen LogP contribution in [0, 0.1) is 5.92 Å². The van der Waals surface area contributed by atoms with E-state index in [9.17, 15) is 9.59 Å². The molecule has 98 valence electrons. The maximum atomic E-state index is 11.8. The molecule has 0 bridgehead atoms. The highest BCUT2D eigenvalue weighted by atomic mass is 16.4. The summed E-state index contributed by atoms with van der Waals surface area (Å²) in [4.78, 5) is 27.5. The third-order valence-electron chi connectivity index (χ3n) is 3.60. The summed E-state index contributed by atoms with van der Waals surface area (Å²) in [7, 11) is 0. The van der Waals surface area contributed by atoms with Crippen LogP contribution in [0.2, 0.25) is 0 Å². The van der Waals surface area contributed by atoms with Gasteiger partial charge in [-0.15, -0.1) is 0 Å². The fraction of sp³-hybridized carbons (Fsp3) is 0.286. The predicted molar refractivity (Wildman–Crippen MR) is 69.5 cm³/mol. The van der Waals surface area contributed by atoms with Crippen LogP contribution in [-0.2, 0) is 16.1 Å². The standard InChI is InChI=1S/C14H14N2O3/c17-12-6-11(14(18)19)8-16(12)7-10-3-1-2-9-4-5-15-13(9)10/h1-5,11,15H,6-8H2,(H,18,19). The van der Waals surface area contributed by atoms with Gasteiger partial charge in [-0.2, -0.15) is 0 Å². The molecule has 1 aromatic heterocycles. The van der Waals surface area contributed by atoms with Gasteiger partial charge >= 0.3 is 5.97 Å². The first-order valence-corrected chi connectivity index (χ1v) is 6.20. The minimum Gasteiger partial charge on any atom is -0.481 e. The Kier molecular flexibility index (Phi) is 2.74. The van der Waals surface area contributed by atoms with Crippen LogP contribution in [0.4, 0.5) is 0 Å². The summed E-state index contributed by atoms with van der Waals surface area (Å²) in [5.74, 6) is -1.56. The number of carbonyl (C=O) groups excluding carboxylic acids is 1. The van der Waals surface area contributed by atoms with E-state index < -0.39 is 11.9 Å². The van der Waals surface area contributed by atoms with Crippen molar-refractivity contribution in [3.05, 3.63) is 36.0 Å². The predicted octanol–water partition coefficient (Wildman–Crippen LogP) is 1.60. The highest BCUT2D eigenvalue weighted by Crippen LogP contribution is 2.23. The van der Waals surface area contributed by atoms with Crippen LogP contribution in [0.25, 0.3) is 10.9 Å². The third kappa shape index (κ3) is 2.07. The monoisotopic (exact) mass is 258 g/mol. The van der Waals surface area contributed by atoms with Crippen LogP contribution in [0.1, 0.15) is 12.0 Å². The normalized spacial score (nSPS) is 19.3. The average molecular weight is 258 g/mol. The highest BCUT2D eigenvalue weighted by molar-refractivity contribution is 5.87. The lowest BCUT2D eigenvalue weighted by atomic mass is 10.1. The van der Waals surface area contributed by atoms with Gasteiger partial charge in [0.25, 0.3) is 0 Å². The molecule has 0 spiro atoms. The van der Waals surface area contributed by atoms with E-state index in [1.54, 1.807) is 4.90 Å². The number of hydrogen-bond acceptors (Lipinski definition) is 2. The highest BCUT2D eigenvalue weighted by Gasteiger charge is 2.34. The van der Waals surface area contributed by atoms with Crippen LogP contribution < -0.4 is 0 Å². The Hall–Kier alpha value is -2.30. The molecule has 1 fully saturated rings. The molecule has 0 aliphatic carbocycles. The maximum absolute atomic E-state index is 11.8. The number of aromatic nitrogens is 1. The molecular formula is C14H14N2O3. The summed E-state index contributed by atoms with van der Waals surface area (Å²) >= 11 is 0. The molecule has 2 N–H and O–H groups in total. The van der Waals surface area contributed by atoms with Gasteiger partial charge in [-0.3, -0.25) is 9.59 Å². The number of hydrogen-bond donors (Lipinski definition) is 2. The molecule has 5 nitrogen and oxygen atoms in total. The smallest absolute Gasteiger partial charge is 0.308 e. The zero-order valence-corrected chi connectivity index (χ0v) is 10.3. The molecule has 1 aliphatic rings. The number of aromatic amines is 1. The second kappa shape index (κ2) is 4.42. The van der Waals surface area contributed by atoms with E-state index in [0.717, 1.165) is 16.5 Å². The number of rotatable bonds is 3. The fourth-order valence-electron chi connectivity index (χ4n) is 2.58. The molecule has 2 aromatic rings. The van der Waals surface area contributed by atoms with Crippen molar-refractivity contribution in [1.29, 1.82) is 0 Å². The largest absolute Gasteiger partial charge is 0.481 e. The molecule has 5 heteroatoms. The number of fused-ring (bicyclic) bond motifs is 1. The number of para-hydroxylation sites is 1. The quantitative estimate of drug-likeness (QED) is 0.878. The van der Waals surface area contributed by atoms with Gasteiger partial charge in [-0.05, 0) is 17.0 Å². The number of carbonyl (C=O) groups is 2. The van der Waals surface area contributed by atoms with Gasteiger partial charge in [0.15, 0.2) is 0 Å². The molecule has 0 radical (unpaired) electrons. The molecule has 1 saturated heterocycles. The lowest BCUT2D eigenvalue weighted by molar-refractivity contribution is -0.141. The molecule has 1 unspecified atom stereocenters. The van der Waals surface area contributed by atoms with Crippen molar-refractivity contribution in [1.82, 2.24) is 9.88 Å². The van der Waals surface area contributed by atoms with Crippen LogP contribution >= 0.6 is 0 Å². The second-order valence-corrected chi connectivity index (χ2v) is 4.87. The molecule has 0 saturated carbocycles. The summed E-state index contributed by atoms with van der Waals surface area (Å²) in [6.45, 7) is 0.756. The number of H-pyrrole nitrogens is 1. The Morgan fingerprint density at radius 3 is 3.00 bits per heavy atom. The summed E-state index contributed by atoms with van der Waals surface area (Å²) in [6.07, 6.45) is 1.97. The summed E-state index contributed by atoms with van der Waals surface area (Å²) in [5.41, 5.74) is 2.02. The van der Waals surface area contributed by atoms with Gasteiger partial charge in [0.05, 0.1) is 11.4 Å². The molecule has 1 aliphatic heterocycles. The number of amides is 1. The molecule has 19 heavy (non-hydrogen) atoms. The molecule has 1 amide bonds. The SMILES string of the molecule is O=C(O)C1CC(=O)N(Cc2cccc3cc[nH]c23)C1. The first-order chi connectivity index (χ1) is 9.15. The fourth-order valence-corrected chi connectivity index (χ4v) is 2.58. The minimum atomic E-state index is -0.895. The molecule has 1 aromatic carbocycles. The third-order valence-corrected chi connectivity index (χ3v) is 3.60. The Bertz CT molecular complexity index is 647. The van der Waals surface area contributed by atoms with Crippen LogP contribution in [0.3, 0.4) is 0 Å². The van der Waals surface area contributed by atoms with Crippen molar-refractivity contribution in [2.24, 2.45) is 5.92 Å². The summed E-state index contributed by atoms with van der Waals surface area (Å²) in [6, 6.07) is 7.88. The zero-order chi connectivity index (χ0) is 13.4. The molecule has 1 atom stereocenters. The van der Waals surface area contributed by atoms with Gasteiger partial charge in [0, 0.05) is 25.7 Å². The Balaban J connectivity index is 1.84. The number of nitrogens with one attached hydrogen (secondary N) is 1. The van der Waals surface area contributed by atoms with Gasteiger partial charge in [-0.1, -0.05) is 18.2 Å². The molecular weight excluding hydrogens is 244 g/mol. The molecule has 2 heterocycles. The first kappa shape index (κ1) is 11.8. The van der Waals surface area contributed by atoms with Crippen molar-refractivity contribution < 1.29 is 14.7 Å².